The quantitative estimate of drug-likeness (QED) is 0.150. The van der Waals surface area contributed by atoms with Gasteiger partial charge in [-0.1, -0.05) is 36.4 Å². The number of nitrogens with zero attached hydrogens (tertiary/aromatic N) is 3. The predicted octanol–water partition coefficient (Wildman–Crippen LogP) is 7.49. The van der Waals surface area contributed by atoms with Gasteiger partial charge in [0.05, 0.1) is 50.2 Å². The molecular formula is C33H29N3O6S. The minimum Gasteiger partial charge on any atom is -0.497 e. The molecule has 2 aromatic heterocycles. The van der Waals surface area contributed by atoms with Crippen LogP contribution in [0.5, 0.6) is 23.1 Å². The van der Waals surface area contributed by atoms with Crippen LogP contribution in [0.15, 0.2) is 84.9 Å². The number of benzene rings is 4. The van der Waals surface area contributed by atoms with Crippen molar-refractivity contribution in [1.82, 2.24) is 13.3 Å². The van der Waals surface area contributed by atoms with Crippen molar-refractivity contribution in [2.75, 3.05) is 20.8 Å². The Bertz CT molecular complexity index is 1900. The van der Waals surface area contributed by atoms with Gasteiger partial charge in [0.2, 0.25) is 5.88 Å². The molecule has 4 aromatic carbocycles. The smallest absolute Gasteiger partial charge is 0.497 e. The van der Waals surface area contributed by atoms with Crippen LogP contribution in [0.3, 0.4) is 0 Å². The molecule has 0 aliphatic rings. The lowest BCUT2D eigenvalue weighted by Crippen LogP contribution is -2.14. The van der Waals surface area contributed by atoms with E-state index in [-0.39, 0.29) is 6.61 Å². The van der Waals surface area contributed by atoms with E-state index in [0.717, 1.165) is 55.9 Å². The fourth-order valence-electron chi connectivity index (χ4n) is 5.02. The fraction of sp³-hybridized carbons (Fsp3) is 0.182. The highest BCUT2D eigenvalue weighted by Gasteiger charge is 2.25. The molecule has 6 aromatic rings. The number of carbonyl (C=O) groups is 1. The largest absolute Gasteiger partial charge is 0.515 e. The van der Waals surface area contributed by atoms with Crippen molar-refractivity contribution in [2.45, 2.75) is 20.1 Å². The molecule has 218 valence electrons. The molecule has 10 heteroatoms. The Morgan fingerprint density at radius 2 is 1.67 bits per heavy atom. The second-order valence-corrected chi connectivity index (χ2v) is 10.2. The first-order valence-corrected chi connectivity index (χ1v) is 14.4. The van der Waals surface area contributed by atoms with Gasteiger partial charge in [0.25, 0.3) is 0 Å². The monoisotopic (exact) mass is 595 g/mol. The van der Waals surface area contributed by atoms with E-state index in [1.165, 1.54) is 0 Å². The lowest BCUT2D eigenvalue weighted by atomic mass is 10.0. The summed E-state index contributed by atoms with van der Waals surface area (Å²) < 4.78 is 39.3. The van der Waals surface area contributed by atoms with Crippen LogP contribution in [0, 0.1) is 0 Å². The van der Waals surface area contributed by atoms with Gasteiger partial charge in [-0.15, -0.1) is 0 Å². The van der Waals surface area contributed by atoms with Gasteiger partial charge in [-0.3, -0.25) is 0 Å². The number of methoxy groups -OCH3 is 2. The van der Waals surface area contributed by atoms with Crippen LogP contribution in [0.25, 0.3) is 33.1 Å². The summed E-state index contributed by atoms with van der Waals surface area (Å²) in [7, 11) is 3.23. The van der Waals surface area contributed by atoms with Gasteiger partial charge in [-0.05, 0) is 60.5 Å². The predicted molar refractivity (Wildman–Crippen MR) is 165 cm³/mol. The Hall–Kier alpha value is -5.09. The summed E-state index contributed by atoms with van der Waals surface area (Å²) >= 11 is 1.15. The topological polar surface area (TPSA) is 93.9 Å². The van der Waals surface area contributed by atoms with Gasteiger partial charge in [0, 0.05) is 17.0 Å². The normalized spacial score (nSPS) is 11.0. The molecule has 0 saturated carbocycles. The first-order valence-electron chi connectivity index (χ1n) is 13.7. The maximum atomic E-state index is 12.9. The average Bonchev–Trinajstić information content (AvgIpc) is 3.62. The third kappa shape index (κ3) is 5.82. The first kappa shape index (κ1) is 28.0. The number of aromatic nitrogens is 3. The third-order valence-electron chi connectivity index (χ3n) is 7.04. The Kier molecular flexibility index (Phi) is 8.10. The average molecular weight is 596 g/mol. The number of rotatable bonds is 10. The molecule has 0 bridgehead atoms. The fourth-order valence-corrected chi connectivity index (χ4v) is 5.54. The van der Waals surface area contributed by atoms with Crippen molar-refractivity contribution in [3.05, 3.63) is 96.1 Å². The first-order chi connectivity index (χ1) is 21.1. The van der Waals surface area contributed by atoms with Gasteiger partial charge < -0.3 is 28.3 Å². The lowest BCUT2D eigenvalue weighted by Gasteiger charge is -2.15. The van der Waals surface area contributed by atoms with Crippen LogP contribution < -0.4 is 18.9 Å². The van der Waals surface area contributed by atoms with E-state index in [0.29, 0.717) is 36.3 Å². The number of carbonyl (C=O) groups excluding carboxylic acids is 1. The Balaban J connectivity index is 1.55. The van der Waals surface area contributed by atoms with Crippen LogP contribution >= 0.6 is 11.7 Å². The summed E-state index contributed by atoms with van der Waals surface area (Å²) in [4.78, 5) is 12.9. The summed E-state index contributed by atoms with van der Waals surface area (Å²) in [6.45, 7) is 2.61. The summed E-state index contributed by atoms with van der Waals surface area (Å²) in [6, 6.07) is 27.2. The van der Waals surface area contributed by atoms with Gasteiger partial charge in [0.1, 0.15) is 34.9 Å². The molecule has 0 spiro atoms. The van der Waals surface area contributed by atoms with Gasteiger partial charge in [-0.2, -0.15) is 8.75 Å². The molecule has 2 heterocycles. The molecule has 43 heavy (non-hydrogen) atoms. The van der Waals surface area contributed by atoms with Crippen molar-refractivity contribution in [3.63, 3.8) is 0 Å². The Morgan fingerprint density at radius 3 is 2.47 bits per heavy atom. The zero-order valence-corrected chi connectivity index (χ0v) is 24.7. The van der Waals surface area contributed by atoms with Crippen LogP contribution in [0.1, 0.15) is 18.1 Å². The van der Waals surface area contributed by atoms with E-state index in [2.05, 4.69) is 8.75 Å². The summed E-state index contributed by atoms with van der Waals surface area (Å²) in [5, 5.41) is 0.857. The number of hydrogen-bond acceptors (Lipinski definition) is 9. The third-order valence-corrected chi connectivity index (χ3v) is 7.59. The van der Waals surface area contributed by atoms with Crippen LogP contribution in [-0.4, -0.2) is 40.3 Å². The summed E-state index contributed by atoms with van der Waals surface area (Å²) in [5.41, 5.74) is 5.75. The van der Waals surface area contributed by atoms with E-state index >= 15 is 0 Å². The van der Waals surface area contributed by atoms with Crippen molar-refractivity contribution in [2.24, 2.45) is 0 Å². The van der Waals surface area contributed by atoms with Gasteiger partial charge >= 0.3 is 6.16 Å². The highest BCUT2D eigenvalue weighted by atomic mass is 32.1. The number of fused-ring (bicyclic) bond motifs is 2. The minimum atomic E-state index is -0.803. The molecule has 0 aliphatic heterocycles. The standard InChI is InChI=1S/C33H29N3O6S/c1-4-40-33(37)42-32-31(22-10-14-27-28(17-22)35-43-34-27)26-13-11-25(41-20-21-8-6-5-7-9-21)18-29(26)36(32)19-23-16-24(38-2)12-15-30(23)39-3/h5-18H,4,19-20H2,1-3H3. The molecule has 6 rings (SSSR count). The lowest BCUT2D eigenvalue weighted by molar-refractivity contribution is 0.101. The van der Waals surface area contributed by atoms with E-state index in [1.54, 1.807) is 21.1 Å². The SMILES string of the molecule is CCOC(=O)Oc1c(-c2ccc3nsnc3c2)c2ccc(OCc3ccccc3)cc2n1Cc1cc(OC)ccc1OC. The molecule has 0 fully saturated rings. The second kappa shape index (κ2) is 12.4. The summed E-state index contributed by atoms with van der Waals surface area (Å²) in [5.74, 6) is 2.33. The number of ether oxygens (including phenoxy) is 5. The van der Waals surface area contributed by atoms with E-state index in [4.69, 9.17) is 23.7 Å². The Morgan fingerprint density at radius 1 is 0.860 bits per heavy atom. The molecule has 0 amide bonds. The molecule has 9 nitrogen and oxygen atoms in total. The highest BCUT2D eigenvalue weighted by Crippen LogP contribution is 2.43. The van der Waals surface area contributed by atoms with E-state index < -0.39 is 6.16 Å². The highest BCUT2D eigenvalue weighted by molar-refractivity contribution is 7.00. The second-order valence-electron chi connectivity index (χ2n) is 9.65. The molecule has 0 atom stereocenters. The zero-order chi connectivity index (χ0) is 29.8. The van der Waals surface area contributed by atoms with Crippen LogP contribution in [-0.2, 0) is 17.9 Å². The minimum absolute atomic E-state index is 0.173. The summed E-state index contributed by atoms with van der Waals surface area (Å²) in [6.07, 6.45) is -0.803. The molecule has 0 radical (unpaired) electrons. The Labute approximate surface area is 252 Å². The van der Waals surface area contributed by atoms with Crippen molar-refractivity contribution in [1.29, 1.82) is 0 Å². The molecule has 0 aliphatic carbocycles. The van der Waals surface area contributed by atoms with Gasteiger partial charge in [-0.25, -0.2) is 4.79 Å². The molecule has 0 unspecified atom stereocenters. The maximum absolute atomic E-state index is 12.9. The molecule has 0 saturated heterocycles. The molecular weight excluding hydrogens is 566 g/mol. The zero-order valence-electron chi connectivity index (χ0n) is 23.9. The van der Waals surface area contributed by atoms with Crippen LogP contribution in [0.4, 0.5) is 4.79 Å². The molecule has 0 N–H and O–H groups in total. The maximum Gasteiger partial charge on any atom is 0.515 e. The van der Waals surface area contributed by atoms with Gasteiger partial charge in [0.15, 0.2) is 0 Å². The van der Waals surface area contributed by atoms with E-state index in [9.17, 15) is 4.79 Å². The van der Waals surface area contributed by atoms with Crippen LogP contribution in [0.2, 0.25) is 0 Å². The van der Waals surface area contributed by atoms with Crippen molar-refractivity contribution < 1.29 is 28.5 Å². The number of hydrogen-bond donors (Lipinski definition) is 0. The van der Waals surface area contributed by atoms with Crippen molar-refractivity contribution >= 4 is 39.8 Å². The van der Waals surface area contributed by atoms with E-state index in [1.807, 2.05) is 89.5 Å². The van der Waals surface area contributed by atoms with Crippen molar-refractivity contribution in [3.8, 4) is 34.3 Å².